The lowest BCUT2D eigenvalue weighted by Crippen LogP contribution is -2.61. The van der Waals surface area contributed by atoms with Crippen LogP contribution in [-0.4, -0.2) is 63.6 Å². The van der Waals surface area contributed by atoms with Crippen LogP contribution in [0.4, 0.5) is 0 Å². The third-order valence-corrected chi connectivity index (χ3v) is 7.36. The van der Waals surface area contributed by atoms with Crippen molar-refractivity contribution >= 4 is 5.91 Å². The molecular weight excluding hydrogens is 388 g/mol. The van der Waals surface area contributed by atoms with E-state index >= 15 is 0 Å². The molecule has 2 aliphatic heterocycles. The molecular formula is C25H34N4O2. The standard InChI is InChI=1S/C25H34N4O2/c1-19(2)29-16-23(26-18-29)22-15-27(13-20-7-4-3-5-8-20)17-25(22)24(30)28(11-12-31-25)14-21-9-6-10-21/h3-5,7-8,16,18-19,21-22H,6,9-15,17H2,1-2H3/t22-,25+/m0/s1. The van der Waals surface area contributed by atoms with Gasteiger partial charge in [0.15, 0.2) is 5.60 Å². The molecule has 1 aromatic carbocycles. The molecule has 2 aromatic rings. The summed E-state index contributed by atoms with van der Waals surface area (Å²) in [6.45, 7) is 8.75. The predicted octanol–water partition coefficient (Wildman–Crippen LogP) is 3.46. The van der Waals surface area contributed by atoms with Crippen molar-refractivity contribution in [1.29, 1.82) is 0 Å². The van der Waals surface area contributed by atoms with Gasteiger partial charge in [0, 0.05) is 45.0 Å². The van der Waals surface area contributed by atoms with E-state index in [0.717, 1.165) is 25.3 Å². The number of aromatic nitrogens is 2. The summed E-state index contributed by atoms with van der Waals surface area (Å²) in [5.74, 6) is 0.790. The van der Waals surface area contributed by atoms with Gasteiger partial charge in [-0.3, -0.25) is 9.69 Å². The zero-order chi connectivity index (χ0) is 21.4. The van der Waals surface area contributed by atoms with E-state index in [1.165, 1.54) is 24.8 Å². The number of amides is 1. The van der Waals surface area contributed by atoms with Crippen LogP contribution < -0.4 is 0 Å². The number of carbonyl (C=O) groups is 1. The highest BCUT2D eigenvalue weighted by Gasteiger charge is 2.57. The number of hydrogen-bond acceptors (Lipinski definition) is 4. The number of likely N-dealkylation sites (tertiary alicyclic amines) is 1. The molecule has 1 amide bonds. The first kappa shape index (κ1) is 20.7. The highest BCUT2D eigenvalue weighted by Crippen LogP contribution is 2.42. The fourth-order valence-corrected chi connectivity index (χ4v) is 5.32. The van der Waals surface area contributed by atoms with Crippen LogP contribution in [0.5, 0.6) is 0 Å². The van der Waals surface area contributed by atoms with Crippen LogP contribution in [0.15, 0.2) is 42.9 Å². The van der Waals surface area contributed by atoms with E-state index in [1.807, 2.05) is 12.4 Å². The molecule has 3 heterocycles. The smallest absolute Gasteiger partial charge is 0.257 e. The van der Waals surface area contributed by atoms with Crippen molar-refractivity contribution in [3.05, 3.63) is 54.1 Å². The Bertz CT molecular complexity index is 907. The van der Waals surface area contributed by atoms with E-state index in [0.29, 0.717) is 31.7 Å². The van der Waals surface area contributed by atoms with E-state index in [4.69, 9.17) is 9.72 Å². The summed E-state index contributed by atoms with van der Waals surface area (Å²) in [7, 11) is 0. The summed E-state index contributed by atoms with van der Waals surface area (Å²) in [5, 5.41) is 0. The highest BCUT2D eigenvalue weighted by molar-refractivity contribution is 5.88. The van der Waals surface area contributed by atoms with Crippen LogP contribution in [0.1, 0.15) is 56.3 Å². The topological polar surface area (TPSA) is 50.6 Å². The van der Waals surface area contributed by atoms with E-state index < -0.39 is 5.60 Å². The molecule has 1 saturated carbocycles. The monoisotopic (exact) mass is 422 g/mol. The summed E-state index contributed by atoms with van der Waals surface area (Å²) in [5.41, 5.74) is 1.41. The molecule has 6 heteroatoms. The van der Waals surface area contributed by atoms with Crippen LogP contribution in [-0.2, 0) is 16.1 Å². The maximum Gasteiger partial charge on any atom is 0.257 e. The molecule has 1 spiro atoms. The van der Waals surface area contributed by atoms with Crippen molar-refractivity contribution in [2.24, 2.45) is 5.92 Å². The SMILES string of the molecule is CC(C)n1cnc([C@@H]2CN(Cc3ccccc3)C[C@@]23OCCN(CC2CCC2)C3=O)c1. The van der Waals surface area contributed by atoms with Crippen LogP contribution in [0, 0.1) is 5.92 Å². The van der Waals surface area contributed by atoms with Crippen molar-refractivity contribution in [3.63, 3.8) is 0 Å². The lowest BCUT2D eigenvalue weighted by atomic mass is 9.82. The van der Waals surface area contributed by atoms with Crippen molar-refractivity contribution < 1.29 is 9.53 Å². The summed E-state index contributed by atoms with van der Waals surface area (Å²) in [4.78, 5) is 23.1. The number of rotatable bonds is 6. The summed E-state index contributed by atoms with van der Waals surface area (Å²) in [6, 6.07) is 10.8. The quantitative estimate of drug-likeness (QED) is 0.715. The minimum Gasteiger partial charge on any atom is -0.361 e. The van der Waals surface area contributed by atoms with Gasteiger partial charge in [-0.25, -0.2) is 4.98 Å². The maximum atomic E-state index is 13.9. The Hall–Kier alpha value is -2.18. The molecule has 166 valence electrons. The molecule has 3 fully saturated rings. The van der Waals surface area contributed by atoms with Gasteiger partial charge in [-0.2, -0.15) is 0 Å². The summed E-state index contributed by atoms with van der Waals surface area (Å²) < 4.78 is 8.55. The molecule has 0 bridgehead atoms. The fourth-order valence-electron chi connectivity index (χ4n) is 5.32. The van der Waals surface area contributed by atoms with Crippen molar-refractivity contribution in [2.75, 3.05) is 32.8 Å². The van der Waals surface area contributed by atoms with E-state index in [2.05, 4.69) is 58.7 Å². The zero-order valence-electron chi connectivity index (χ0n) is 18.7. The maximum absolute atomic E-state index is 13.9. The van der Waals surface area contributed by atoms with Gasteiger partial charge in [0.25, 0.3) is 5.91 Å². The highest BCUT2D eigenvalue weighted by atomic mass is 16.5. The van der Waals surface area contributed by atoms with Crippen LogP contribution in [0.25, 0.3) is 0 Å². The van der Waals surface area contributed by atoms with Gasteiger partial charge >= 0.3 is 0 Å². The zero-order valence-corrected chi connectivity index (χ0v) is 18.7. The van der Waals surface area contributed by atoms with E-state index in [-0.39, 0.29) is 11.8 Å². The van der Waals surface area contributed by atoms with Crippen molar-refractivity contribution in [2.45, 2.75) is 57.2 Å². The minimum atomic E-state index is -0.826. The third kappa shape index (κ3) is 3.92. The molecule has 0 N–H and O–H groups in total. The Morgan fingerprint density at radius 1 is 1.23 bits per heavy atom. The summed E-state index contributed by atoms with van der Waals surface area (Å²) in [6.07, 6.45) is 7.81. The molecule has 2 saturated heterocycles. The average molecular weight is 423 g/mol. The average Bonchev–Trinajstić information content (AvgIpc) is 3.34. The van der Waals surface area contributed by atoms with Gasteiger partial charge in [0.05, 0.1) is 24.5 Å². The second-order valence-electron chi connectivity index (χ2n) is 9.83. The van der Waals surface area contributed by atoms with E-state index in [1.54, 1.807) is 0 Å². The molecule has 1 aliphatic carbocycles. The second-order valence-corrected chi connectivity index (χ2v) is 9.83. The number of hydrogen-bond donors (Lipinski definition) is 0. The Labute approximate surface area is 185 Å². The first-order valence-electron chi connectivity index (χ1n) is 11.8. The lowest BCUT2D eigenvalue weighted by molar-refractivity contribution is -0.173. The van der Waals surface area contributed by atoms with Crippen molar-refractivity contribution in [1.82, 2.24) is 19.4 Å². The van der Waals surface area contributed by atoms with Crippen molar-refractivity contribution in [3.8, 4) is 0 Å². The Morgan fingerprint density at radius 3 is 2.71 bits per heavy atom. The Kier molecular flexibility index (Phi) is 5.61. The van der Waals surface area contributed by atoms with Gasteiger partial charge in [-0.1, -0.05) is 36.8 Å². The number of benzene rings is 1. The van der Waals surface area contributed by atoms with Gasteiger partial charge in [0.2, 0.25) is 0 Å². The minimum absolute atomic E-state index is 0.0482. The predicted molar refractivity (Wildman–Crippen MR) is 120 cm³/mol. The molecule has 0 radical (unpaired) electrons. The summed E-state index contributed by atoms with van der Waals surface area (Å²) >= 11 is 0. The Morgan fingerprint density at radius 2 is 2.03 bits per heavy atom. The van der Waals surface area contributed by atoms with Crippen LogP contribution in [0.2, 0.25) is 0 Å². The lowest BCUT2D eigenvalue weighted by Gasteiger charge is -2.44. The molecule has 0 unspecified atom stereocenters. The molecule has 2 atom stereocenters. The first-order chi connectivity index (χ1) is 15.0. The normalized spacial score (nSPS) is 27.4. The third-order valence-electron chi connectivity index (χ3n) is 7.36. The molecule has 5 rings (SSSR count). The molecule has 6 nitrogen and oxygen atoms in total. The first-order valence-corrected chi connectivity index (χ1v) is 11.8. The number of imidazole rings is 1. The Balaban J connectivity index is 1.44. The fraction of sp³-hybridized carbons (Fsp3) is 0.600. The van der Waals surface area contributed by atoms with E-state index in [9.17, 15) is 4.79 Å². The number of morpholine rings is 1. The van der Waals surface area contributed by atoms with Gasteiger partial charge in [-0.05, 0) is 38.2 Å². The largest absolute Gasteiger partial charge is 0.361 e. The van der Waals surface area contributed by atoms with Gasteiger partial charge in [-0.15, -0.1) is 0 Å². The number of nitrogens with zero attached hydrogens (tertiary/aromatic N) is 4. The molecule has 3 aliphatic rings. The molecule has 31 heavy (non-hydrogen) atoms. The van der Waals surface area contributed by atoms with Gasteiger partial charge in [0.1, 0.15) is 0 Å². The van der Waals surface area contributed by atoms with Crippen LogP contribution in [0.3, 0.4) is 0 Å². The number of carbonyl (C=O) groups excluding carboxylic acids is 1. The molecule has 1 aromatic heterocycles. The van der Waals surface area contributed by atoms with Gasteiger partial charge < -0.3 is 14.2 Å². The van der Waals surface area contributed by atoms with Crippen LogP contribution >= 0.6 is 0 Å². The second kappa shape index (κ2) is 8.40. The number of ether oxygens (including phenoxy) is 1.